The van der Waals surface area contributed by atoms with Gasteiger partial charge in [0.2, 0.25) is 5.95 Å². The predicted octanol–water partition coefficient (Wildman–Crippen LogP) is 3.64. The van der Waals surface area contributed by atoms with Gasteiger partial charge in [-0.2, -0.15) is 4.98 Å². The fourth-order valence-corrected chi connectivity index (χ4v) is 2.67. The van der Waals surface area contributed by atoms with Crippen molar-refractivity contribution in [1.29, 1.82) is 0 Å². The Bertz CT molecular complexity index is 853. The summed E-state index contributed by atoms with van der Waals surface area (Å²) >= 11 is 6.23. The van der Waals surface area contributed by atoms with Crippen molar-refractivity contribution >= 4 is 23.4 Å². The van der Waals surface area contributed by atoms with Crippen LogP contribution >= 0.6 is 11.6 Å². The van der Waals surface area contributed by atoms with E-state index in [1.807, 2.05) is 36.4 Å². The summed E-state index contributed by atoms with van der Waals surface area (Å²) in [4.78, 5) is 8.44. The van der Waals surface area contributed by atoms with Gasteiger partial charge in [-0.05, 0) is 17.7 Å². The molecule has 0 aliphatic rings. The van der Waals surface area contributed by atoms with Crippen molar-refractivity contribution in [3.8, 4) is 28.1 Å². The van der Waals surface area contributed by atoms with Crippen LogP contribution in [0.2, 0.25) is 5.02 Å². The molecule has 0 amide bonds. The van der Waals surface area contributed by atoms with Crippen LogP contribution in [0.1, 0.15) is 0 Å². The second kappa shape index (κ2) is 6.14. The molecule has 0 aliphatic carbocycles. The number of nitrogen functional groups attached to an aromatic ring is 2. The summed E-state index contributed by atoms with van der Waals surface area (Å²) in [6, 6.07) is 15.1. The highest BCUT2D eigenvalue weighted by Crippen LogP contribution is 2.37. The molecule has 23 heavy (non-hydrogen) atoms. The summed E-state index contributed by atoms with van der Waals surface area (Å²) in [5.41, 5.74) is 14.9. The lowest BCUT2D eigenvalue weighted by Crippen LogP contribution is -2.04. The molecule has 4 N–H and O–H groups in total. The average Bonchev–Trinajstić information content (AvgIpc) is 2.55. The van der Waals surface area contributed by atoms with Gasteiger partial charge in [0.1, 0.15) is 11.6 Å². The SMILES string of the molecule is COc1ccc(-c2c(N)nc(N)nc2-c2ccccc2)cc1Cl. The van der Waals surface area contributed by atoms with E-state index < -0.39 is 0 Å². The fraction of sp³-hybridized carbons (Fsp3) is 0.0588. The van der Waals surface area contributed by atoms with Crippen LogP contribution in [0.25, 0.3) is 22.4 Å². The Balaban J connectivity index is 2.25. The standard InChI is InChI=1S/C17H15ClN4O/c1-23-13-8-7-11(9-12(13)18)14-15(10-5-3-2-4-6-10)21-17(20)22-16(14)19/h2-9H,1H3,(H4,19,20,21,22). The highest BCUT2D eigenvalue weighted by molar-refractivity contribution is 6.32. The summed E-state index contributed by atoms with van der Waals surface area (Å²) in [5.74, 6) is 1.02. The minimum absolute atomic E-state index is 0.129. The lowest BCUT2D eigenvalue weighted by atomic mass is 9.99. The van der Waals surface area contributed by atoms with E-state index in [0.717, 1.165) is 11.1 Å². The van der Waals surface area contributed by atoms with Gasteiger partial charge >= 0.3 is 0 Å². The van der Waals surface area contributed by atoms with Gasteiger partial charge in [-0.15, -0.1) is 0 Å². The van der Waals surface area contributed by atoms with E-state index in [1.54, 1.807) is 19.2 Å². The van der Waals surface area contributed by atoms with E-state index in [2.05, 4.69) is 9.97 Å². The number of hydrogen-bond acceptors (Lipinski definition) is 5. The van der Waals surface area contributed by atoms with E-state index in [9.17, 15) is 0 Å². The molecule has 0 unspecified atom stereocenters. The molecule has 0 aliphatic heterocycles. The quantitative estimate of drug-likeness (QED) is 0.767. The summed E-state index contributed by atoms with van der Waals surface area (Å²) < 4.78 is 5.19. The maximum Gasteiger partial charge on any atom is 0.222 e. The number of ether oxygens (including phenoxy) is 1. The second-order valence-corrected chi connectivity index (χ2v) is 5.31. The Kier molecular flexibility index (Phi) is 4.04. The zero-order valence-corrected chi connectivity index (χ0v) is 13.2. The van der Waals surface area contributed by atoms with Crippen LogP contribution in [0.4, 0.5) is 11.8 Å². The van der Waals surface area contributed by atoms with Crippen LogP contribution in [-0.4, -0.2) is 17.1 Å². The van der Waals surface area contributed by atoms with Crippen LogP contribution in [0.5, 0.6) is 5.75 Å². The molecule has 0 radical (unpaired) electrons. The van der Waals surface area contributed by atoms with Gasteiger partial charge in [-0.3, -0.25) is 0 Å². The molecular weight excluding hydrogens is 312 g/mol. The molecular formula is C17H15ClN4O. The van der Waals surface area contributed by atoms with Gasteiger partial charge in [0, 0.05) is 5.56 Å². The summed E-state index contributed by atoms with van der Waals surface area (Å²) in [5, 5.41) is 0.486. The van der Waals surface area contributed by atoms with Crippen molar-refractivity contribution in [2.75, 3.05) is 18.6 Å². The number of halogens is 1. The number of anilines is 2. The average molecular weight is 327 g/mol. The lowest BCUT2D eigenvalue weighted by molar-refractivity contribution is 0.415. The van der Waals surface area contributed by atoms with Gasteiger partial charge in [-0.1, -0.05) is 48.0 Å². The van der Waals surface area contributed by atoms with Crippen LogP contribution in [0.3, 0.4) is 0 Å². The third-order valence-electron chi connectivity index (χ3n) is 3.44. The third kappa shape index (κ3) is 2.91. The minimum Gasteiger partial charge on any atom is -0.495 e. The Labute approximate surface area is 138 Å². The van der Waals surface area contributed by atoms with Crippen LogP contribution < -0.4 is 16.2 Å². The van der Waals surface area contributed by atoms with Gasteiger partial charge < -0.3 is 16.2 Å². The smallest absolute Gasteiger partial charge is 0.222 e. The van der Waals surface area contributed by atoms with Crippen molar-refractivity contribution in [3.05, 3.63) is 53.6 Å². The zero-order chi connectivity index (χ0) is 16.4. The molecule has 0 fully saturated rings. The van der Waals surface area contributed by atoms with Crippen molar-refractivity contribution in [3.63, 3.8) is 0 Å². The molecule has 2 aromatic carbocycles. The molecule has 6 heteroatoms. The molecule has 0 atom stereocenters. The van der Waals surface area contributed by atoms with Gasteiger partial charge in [-0.25, -0.2) is 4.98 Å². The highest BCUT2D eigenvalue weighted by atomic mass is 35.5. The van der Waals surface area contributed by atoms with Crippen molar-refractivity contribution in [2.45, 2.75) is 0 Å². The number of aromatic nitrogens is 2. The molecule has 116 valence electrons. The minimum atomic E-state index is 0.129. The number of nitrogens with zero attached hydrogens (tertiary/aromatic N) is 2. The van der Waals surface area contributed by atoms with Crippen LogP contribution in [0, 0.1) is 0 Å². The Morgan fingerprint density at radius 1 is 0.957 bits per heavy atom. The van der Waals surface area contributed by atoms with Crippen LogP contribution in [0.15, 0.2) is 48.5 Å². The largest absolute Gasteiger partial charge is 0.495 e. The second-order valence-electron chi connectivity index (χ2n) is 4.91. The predicted molar refractivity (Wildman–Crippen MR) is 93.3 cm³/mol. The number of rotatable bonds is 3. The Morgan fingerprint density at radius 2 is 1.70 bits per heavy atom. The first kappa shape index (κ1) is 15.1. The maximum atomic E-state index is 6.23. The molecule has 0 saturated heterocycles. The number of hydrogen-bond donors (Lipinski definition) is 2. The summed E-state index contributed by atoms with van der Waals surface area (Å²) in [6.07, 6.45) is 0. The monoisotopic (exact) mass is 326 g/mol. The fourth-order valence-electron chi connectivity index (χ4n) is 2.41. The van der Waals surface area contributed by atoms with E-state index in [4.69, 9.17) is 27.8 Å². The third-order valence-corrected chi connectivity index (χ3v) is 3.74. The maximum absolute atomic E-state index is 6.23. The summed E-state index contributed by atoms with van der Waals surface area (Å²) in [6.45, 7) is 0. The van der Waals surface area contributed by atoms with Crippen molar-refractivity contribution in [2.24, 2.45) is 0 Å². The molecule has 1 aromatic heterocycles. The first-order chi connectivity index (χ1) is 11.1. The van der Waals surface area contributed by atoms with E-state index >= 15 is 0 Å². The lowest BCUT2D eigenvalue weighted by Gasteiger charge is -2.13. The van der Waals surface area contributed by atoms with Crippen molar-refractivity contribution < 1.29 is 4.74 Å². The zero-order valence-electron chi connectivity index (χ0n) is 12.5. The Hall–Kier alpha value is -2.79. The van der Waals surface area contributed by atoms with E-state index in [0.29, 0.717) is 27.8 Å². The first-order valence-corrected chi connectivity index (χ1v) is 7.30. The van der Waals surface area contributed by atoms with Gasteiger partial charge in [0.15, 0.2) is 0 Å². The van der Waals surface area contributed by atoms with Crippen molar-refractivity contribution in [1.82, 2.24) is 9.97 Å². The van der Waals surface area contributed by atoms with Gasteiger partial charge in [0.25, 0.3) is 0 Å². The summed E-state index contributed by atoms with van der Waals surface area (Å²) in [7, 11) is 1.57. The molecule has 3 aromatic rings. The van der Waals surface area contributed by atoms with Gasteiger partial charge in [0.05, 0.1) is 23.4 Å². The van der Waals surface area contributed by atoms with E-state index in [1.165, 1.54) is 0 Å². The number of nitrogens with two attached hydrogens (primary N) is 2. The van der Waals surface area contributed by atoms with Crippen LogP contribution in [-0.2, 0) is 0 Å². The topological polar surface area (TPSA) is 87.0 Å². The number of methoxy groups -OCH3 is 1. The molecule has 5 nitrogen and oxygen atoms in total. The van der Waals surface area contributed by atoms with E-state index in [-0.39, 0.29) is 5.95 Å². The molecule has 0 bridgehead atoms. The Morgan fingerprint density at radius 3 is 2.35 bits per heavy atom. The molecule has 0 spiro atoms. The molecule has 1 heterocycles. The molecule has 0 saturated carbocycles. The number of benzene rings is 2. The normalized spacial score (nSPS) is 10.5. The first-order valence-electron chi connectivity index (χ1n) is 6.92. The highest BCUT2D eigenvalue weighted by Gasteiger charge is 2.16. The molecule has 3 rings (SSSR count).